The molecule has 0 aliphatic carbocycles. The van der Waals surface area contributed by atoms with Crippen LogP contribution in [0, 0.1) is 13.8 Å². The van der Waals surface area contributed by atoms with Crippen LogP contribution < -0.4 is 5.32 Å². The first-order valence-electron chi connectivity index (χ1n) is 7.79. The Hall–Kier alpha value is -2.20. The molecular weight excluding hydrogens is 502 g/mol. The number of thiophene rings is 1. The predicted molar refractivity (Wildman–Crippen MR) is 84.5 cm³/mol. The molecule has 0 aliphatic heterocycles. The van der Waals surface area contributed by atoms with Gasteiger partial charge < -0.3 is 10.1 Å². The number of methoxy groups -OCH3 is 1. The van der Waals surface area contributed by atoms with Crippen LogP contribution in [0.4, 0.5) is 57.7 Å². The van der Waals surface area contributed by atoms with Crippen LogP contribution in [-0.2, 0) is 9.53 Å². The fraction of sp³-hybridized carbons (Fsp3) is 0.600. The third kappa shape index (κ3) is 3.87. The highest BCUT2D eigenvalue weighted by molar-refractivity contribution is 7.16. The van der Waals surface area contributed by atoms with Crippen LogP contribution in [0.3, 0.4) is 0 Å². The molecule has 0 fully saturated rings. The number of aryl methyl sites for hydroxylation is 1. The normalized spacial score (nSPS) is 14.0. The number of nitrogens with one attached hydrogen (secondary N) is 1. The molecular formula is C15H11F12NO3S. The van der Waals surface area contributed by atoms with Gasteiger partial charge in [0, 0.05) is 4.88 Å². The highest BCUT2D eigenvalue weighted by Crippen LogP contribution is 2.58. The molecule has 0 aromatic carbocycles. The molecule has 0 spiro atoms. The van der Waals surface area contributed by atoms with E-state index < -0.39 is 58.5 Å². The number of ether oxygens (including phenoxy) is 1. The Morgan fingerprint density at radius 1 is 0.875 bits per heavy atom. The highest BCUT2D eigenvalue weighted by Gasteiger charge is 2.89. The zero-order valence-corrected chi connectivity index (χ0v) is 16.6. The van der Waals surface area contributed by atoms with Crippen LogP contribution in [-0.4, -0.2) is 55.0 Å². The number of halogens is 12. The van der Waals surface area contributed by atoms with E-state index in [0.717, 1.165) is 12.4 Å². The van der Waals surface area contributed by atoms with Gasteiger partial charge in [0.15, 0.2) is 0 Å². The van der Waals surface area contributed by atoms with Crippen molar-refractivity contribution in [1.29, 1.82) is 0 Å². The third-order valence-corrected chi connectivity index (χ3v) is 5.29. The Kier molecular flexibility index (Phi) is 7.22. The van der Waals surface area contributed by atoms with Crippen LogP contribution >= 0.6 is 11.3 Å². The van der Waals surface area contributed by atoms with Gasteiger partial charge in [-0.2, -0.15) is 43.9 Å². The van der Waals surface area contributed by atoms with Crippen molar-refractivity contribution in [2.45, 2.75) is 49.9 Å². The first-order chi connectivity index (χ1) is 14.1. The van der Waals surface area contributed by atoms with Crippen molar-refractivity contribution in [3.63, 3.8) is 0 Å². The zero-order valence-electron chi connectivity index (χ0n) is 15.7. The van der Waals surface area contributed by atoms with Gasteiger partial charge in [-0.3, -0.25) is 4.79 Å². The summed E-state index contributed by atoms with van der Waals surface area (Å²) in [7, 11) is 0.787. The van der Waals surface area contributed by atoms with E-state index >= 15 is 0 Å². The minimum absolute atomic E-state index is 0.0272. The fourth-order valence-corrected chi connectivity index (χ4v) is 3.17. The van der Waals surface area contributed by atoms with E-state index in [9.17, 15) is 62.3 Å². The number of amides is 1. The Labute approximate surface area is 174 Å². The number of alkyl halides is 12. The Morgan fingerprint density at radius 3 is 1.75 bits per heavy atom. The van der Waals surface area contributed by atoms with Crippen molar-refractivity contribution in [2.24, 2.45) is 0 Å². The lowest BCUT2D eigenvalue weighted by atomic mass is 9.94. The second kappa shape index (κ2) is 8.30. The van der Waals surface area contributed by atoms with Crippen molar-refractivity contribution in [1.82, 2.24) is 0 Å². The van der Waals surface area contributed by atoms with E-state index in [-0.39, 0.29) is 10.4 Å². The number of rotatable bonds is 8. The molecule has 0 radical (unpaired) electrons. The van der Waals surface area contributed by atoms with E-state index in [4.69, 9.17) is 0 Å². The molecule has 1 rings (SSSR count). The lowest BCUT2D eigenvalue weighted by Crippen LogP contribution is -2.70. The van der Waals surface area contributed by atoms with Gasteiger partial charge in [-0.05, 0) is 19.4 Å². The smallest absolute Gasteiger partial charge is 0.393 e. The number of anilines is 1. The number of hydrogen-bond donors (Lipinski definition) is 1. The minimum Gasteiger partial charge on any atom is -0.465 e. The number of hydrogen-bond acceptors (Lipinski definition) is 4. The summed E-state index contributed by atoms with van der Waals surface area (Å²) in [5, 5.41) is 0.00957. The second-order valence-electron chi connectivity index (χ2n) is 6.15. The quantitative estimate of drug-likeness (QED) is 0.368. The third-order valence-electron chi connectivity index (χ3n) is 4.16. The summed E-state index contributed by atoms with van der Waals surface area (Å²) in [6.45, 7) is 2.43. The van der Waals surface area contributed by atoms with E-state index in [1.165, 1.54) is 13.8 Å². The number of esters is 1. The van der Waals surface area contributed by atoms with Crippen LogP contribution in [0.15, 0.2) is 0 Å². The van der Waals surface area contributed by atoms with Crippen LogP contribution in [0.1, 0.15) is 20.8 Å². The average Bonchev–Trinajstić information content (AvgIpc) is 2.93. The van der Waals surface area contributed by atoms with E-state index in [1.54, 1.807) is 0 Å². The fourth-order valence-electron chi connectivity index (χ4n) is 2.13. The van der Waals surface area contributed by atoms with Crippen LogP contribution in [0.5, 0.6) is 0 Å². The summed E-state index contributed by atoms with van der Waals surface area (Å²) in [5.41, 5.74) is -0.704. The molecule has 1 heterocycles. The molecule has 0 atom stereocenters. The molecule has 4 nitrogen and oxygen atoms in total. The average molecular weight is 513 g/mol. The summed E-state index contributed by atoms with van der Waals surface area (Å²) in [6, 6.07) is 0. The largest absolute Gasteiger partial charge is 0.465 e. The first-order valence-corrected chi connectivity index (χ1v) is 8.61. The molecule has 17 heteroatoms. The van der Waals surface area contributed by atoms with Gasteiger partial charge in [0.1, 0.15) is 5.00 Å². The molecule has 0 aliphatic rings. The zero-order chi connectivity index (χ0) is 25.7. The van der Waals surface area contributed by atoms with E-state index in [1.807, 2.05) is 0 Å². The Balaban J connectivity index is 3.48. The molecule has 0 bridgehead atoms. The molecule has 0 saturated heterocycles. The van der Waals surface area contributed by atoms with Crippen molar-refractivity contribution in [3.05, 3.63) is 16.0 Å². The van der Waals surface area contributed by atoms with E-state index in [2.05, 4.69) is 4.74 Å². The lowest BCUT2D eigenvalue weighted by Gasteiger charge is -2.38. The summed E-state index contributed by atoms with van der Waals surface area (Å²) >= 11 is 0.295. The van der Waals surface area contributed by atoms with Crippen LogP contribution in [0.25, 0.3) is 0 Å². The summed E-state index contributed by atoms with van der Waals surface area (Å²) in [4.78, 5) is 23.4. The highest BCUT2D eigenvalue weighted by atomic mass is 32.1. The maximum absolute atomic E-state index is 13.9. The molecule has 0 unspecified atom stereocenters. The van der Waals surface area contributed by atoms with Gasteiger partial charge in [-0.1, -0.05) is 0 Å². The van der Waals surface area contributed by atoms with Gasteiger partial charge in [0.05, 0.1) is 12.7 Å². The van der Waals surface area contributed by atoms with Gasteiger partial charge in [0.2, 0.25) is 0 Å². The minimum atomic E-state index is -7.84. The van der Waals surface area contributed by atoms with Crippen molar-refractivity contribution in [3.8, 4) is 0 Å². The summed E-state index contributed by atoms with van der Waals surface area (Å²) in [5.74, 6) is -41.9. The summed E-state index contributed by atoms with van der Waals surface area (Å²) in [6.07, 6.45) is -5.65. The van der Waals surface area contributed by atoms with Gasteiger partial charge >= 0.3 is 47.9 Å². The van der Waals surface area contributed by atoms with Crippen molar-refractivity contribution >= 4 is 28.2 Å². The maximum Gasteiger partial charge on any atom is 0.393 e. The molecule has 1 aromatic heterocycles. The number of carbonyl (C=O) groups is 2. The second-order valence-corrected chi connectivity index (χ2v) is 7.38. The lowest BCUT2D eigenvalue weighted by molar-refractivity contribution is -0.406. The topological polar surface area (TPSA) is 55.4 Å². The Morgan fingerprint density at radius 2 is 1.34 bits per heavy atom. The van der Waals surface area contributed by atoms with Crippen molar-refractivity contribution < 1.29 is 67.0 Å². The first kappa shape index (κ1) is 27.8. The molecule has 1 N–H and O–H groups in total. The monoisotopic (exact) mass is 513 g/mol. The SMILES string of the molecule is COC(=O)c1c(NC(=O)C(F)(F)C(F)(F)C(F)(F)C(F)(F)C(F)(F)C(F)F)sc(C)c1C. The summed E-state index contributed by atoms with van der Waals surface area (Å²) < 4.78 is 163. The predicted octanol–water partition coefficient (Wildman–Crippen LogP) is 5.53. The van der Waals surface area contributed by atoms with Crippen LogP contribution in [0.2, 0.25) is 0 Å². The molecule has 0 saturated carbocycles. The Bertz CT molecular complexity index is 896. The molecule has 1 aromatic rings. The molecule has 1 amide bonds. The molecule has 32 heavy (non-hydrogen) atoms. The van der Waals surface area contributed by atoms with Crippen molar-refractivity contribution in [2.75, 3.05) is 12.4 Å². The van der Waals surface area contributed by atoms with Gasteiger partial charge in [-0.15, -0.1) is 11.3 Å². The number of carbonyl (C=O) groups excluding carboxylic acids is 2. The maximum atomic E-state index is 13.9. The molecule has 184 valence electrons. The van der Waals surface area contributed by atoms with E-state index in [0.29, 0.717) is 11.3 Å². The van der Waals surface area contributed by atoms with Gasteiger partial charge in [0.25, 0.3) is 0 Å². The van der Waals surface area contributed by atoms with Gasteiger partial charge in [-0.25, -0.2) is 13.6 Å². The standard InChI is InChI=1S/C15H11F12NO3S/c1-4-5(2)32-7(6(4)8(29)31-3)28-10(30)12(20,21)14(24,25)15(26,27)13(22,23)11(18,19)9(16)17/h9H,1-3H3,(H,28,30).